The molecule has 476 valence electrons. The molecule has 0 radical (unpaired) electrons. The summed E-state index contributed by atoms with van der Waals surface area (Å²) in [6.07, 6.45) is -9.90. The van der Waals surface area contributed by atoms with Crippen molar-refractivity contribution >= 4 is 131 Å². The van der Waals surface area contributed by atoms with Crippen molar-refractivity contribution in [1.82, 2.24) is 15.1 Å². The van der Waals surface area contributed by atoms with Crippen LogP contribution in [0.1, 0.15) is 92.0 Å². The van der Waals surface area contributed by atoms with E-state index in [9.17, 15) is 58.8 Å². The highest BCUT2D eigenvalue weighted by molar-refractivity contribution is 7.18. The fraction of sp³-hybridized carbons (Fsp3) is 0.500. The third-order valence-corrected chi connectivity index (χ3v) is 19.1. The van der Waals surface area contributed by atoms with Gasteiger partial charge >= 0.3 is 24.2 Å². The minimum Gasteiger partial charge on any atom is -0.479 e. The lowest BCUT2D eigenvalue weighted by molar-refractivity contribution is -0.270. The number of thiophene rings is 2. The number of nitrogens with one attached hydrogen (secondary N) is 2. The maximum atomic E-state index is 14.3. The first-order chi connectivity index (χ1) is 41.8. The molecule has 5 aromatic rings. The maximum Gasteiger partial charge on any atom is 0.415 e. The van der Waals surface area contributed by atoms with Crippen molar-refractivity contribution in [2.75, 3.05) is 73.7 Å². The SMILES string of the molecule is Cc1csc2c(OC(=O)N(C)CCN(C)C(=O)OCc3ccc(NC(=O)[C@H](CCCNC(N)=O)CC(=O)[C@@H](N)C(C)C)cc3)cc3c(c12)[C@H](CCl)CN3C(=O)CCCC(=O)N1C[C@@H](CCl)c2c1cc(O[C@@H]1O[C@H](C(=O)O)[C@@H](O)[C@H](O)[C@H]1O)c1scc(C)c21. The number of carboxylic acids is 1. The van der Waals surface area contributed by atoms with Crippen LogP contribution in [0.5, 0.6) is 11.5 Å². The Kier molecular flexibility index (Phi) is 22.2. The summed E-state index contributed by atoms with van der Waals surface area (Å²) in [7, 11) is 3.05. The number of aliphatic carboxylic acids is 1. The molecule has 8 rings (SSSR count). The number of nitrogens with two attached hydrogens (primary N) is 2. The first kappa shape index (κ1) is 67.1. The van der Waals surface area contributed by atoms with Gasteiger partial charge in [-0.1, -0.05) is 26.0 Å². The third-order valence-electron chi connectivity index (χ3n) is 16.2. The second kappa shape index (κ2) is 29.2. The second-order valence-corrected chi connectivity index (χ2v) is 25.2. The number of Topliss-reactive ketones (excluding diaryl/α,β-unsaturated/α-hetero) is 1. The Morgan fingerprint density at radius 1 is 0.784 bits per heavy atom. The third kappa shape index (κ3) is 14.9. The van der Waals surface area contributed by atoms with E-state index in [2.05, 4.69) is 10.6 Å². The van der Waals surface area contributed by atoms with E-state index in [4.69, 9.17) is 53.6 Å². The number of primary amides is 1. The molecule has 9 atom stereocenters. The molecule has 7 amide bonds. The van der Waals surface area contributed by atoms with Crippen LogP contribution in [0.4, 0.5) is 31.4 Å². The van der Waals surface area contributed by atoms with Crippen LogP contribution in [0.25, 0.3) is 20.2 Å². The number of aliphatic hydroxyl groups excluding tert-OH is 3. The fourth-order valence-corrected chi connectivity index (χ4v) is 13.6. The topological polar surface area (TPSA) is 343 Å². The Bertz CT molecular complexity index is 3440. The molecule has 2 aromatic heterocycles. The zero-order chi connectivity index (χ0) is 64.0. The fourth-order valence-electron chi connectivity index (χ4n) is 11.1. The summed E-state index contributed by atoms with van der Waals surface area (Å²) >= 11 is 15.8. The van der Waals surface area contributed by atoms with E-state index in [1.54, 1.807) is 46.2 Å². The van der Waals surface area contributed by atoms with Crippen molar-refractivity contribution in [3.63, 3.8) is 0 Å². The number of fused-ring (bicyclic) bond motifs is 6. The van der Waals surface area contributed by atoms with Crippen molar-refractivity contribution in [2.45, 2.75) is 121 Å². The molecule has 24 nitrogen and oxygen atoms in total. The highest BCUT2D eigenvalue weighted by Crippen LogP contribution is 2.51. The number of aryl methyl sites for hydroxylation is 2. The normalized spacial score (nSPS) is 20.3. The smallest absolute Gasteiger partial charge is 0.415 e. The standard InChI is InChI=1S/C60H74Cl2N8O16S2/c1-29(2)48(63)39(71)19-33(9-8-16-65-58(64)80)55(77)66-36-14-12-32(13-15-36)26-83-59(81)67(5)17-18-68(6)60(82)85-41-21-38-47(45-31(4)28-88-54(41)45)35(23-62)25-70(38)43(73)11-7-10-42(72)69-24-34(22-61)46-37(69)20-40(53-44(46)30(3)27-87-53)84-57-51(76)49(74)50(75)52(86-57)56(78)79/h12-15,20-21,27-29,33-35,48-52,57,74-76H,7-11,16-19,22-26,63H2,1-6H3,(H,66,77)(H,78,79)(H3,64,65,80)/t33-,34-,35-,48+,49+,50+,51-,52+,57-/m1/s1. The predicted octanol–water partition coefficient (Wildman–Crippen LogP) is 6.86. The molecule has 28 heteroatoms. The van der Waals surface area contributed by atoms with Crippen LogP contribution in [0.3, 0.4) is 0 Å². The predicted molar refractivity (Wildman–Crippen MR) is 333 cm³/mol. The maximum absolute atomic E-state index is 14.3. The number of ether oxygens (including phenoxy) is 4. The van der Waals surface area contributed by atoms with Crippen LogP contribution in [0, 0.1) is 25.7 Å². The van der Waals surface area contributed by atoms with E-state index in [1.165, 1.54) is 46.6 Å². The molecule has 88 heavy (non-hydrogen) atoms. The number of nitrogens with zero attached hydrogens (tertiary/aromatic N) is 4. The molecule has 3 aromatic carbocycles. The van der Waals surface area contributed by atoms with Gasteiger partial charge in [-0.2, -0.15) is 0 Å². The van der Waals surface area contributed by atoms with Gasteiger partial charge in [0, 0.05) is 124 Å². The summed E-state index contributed by atoms with van der Waals surface area (Å²) < 4.78 is 24.4. The van der Waals surface area contributed by atoms with Crippen molar-refractivity contribution in [1.29, 1.82) is 0 Å². The highest BCUT2D eigenvalue weighted by atomic mass is 35.5. The average molecular weight is 1300 g/mol. The van der Waals surface area contributed by atoms with Gasteiger partial charge in [-0.15, -0.1) is 45.9 Å². The summed E-state index contributed by atoms with van der Waals surface area (Å²) in [6.45, 7) is 8.19. The Hall–Kier alpha value is -6.88. The minimum absolute atomic E-state index is 0.0321. The van der Waals surface area contributed by atoms with E-state index in [-0.39, 0.29) is 130 Å². The molecule has 0 saturated carbocycles. The van der Waals surface area contributed by atoms with Crippen molar-refractivity contribution < 1.29 is 77.7 Å². The van der Waals surface area contributed by atoms with Gasteiger partial charge in [0.15, 0.2) is 17.6 Å². The molecule has 0 unspecified atom stereocenters. The molecular weight excluding hydrogens is 1220 g/mol. The van der Waals surface area contributed by atoms with Gasteiger partial charge in [0.25, 0.3) is 0 Å². The van der Waals surface area contributed by atoms with Crippen LogP contribution >= 0.6 is 45.9 Å². The van der Waals surface area contributed by atoms with Gasteiger partial charge in [-0.05, 0) is 89.7 Å². The lowest BCUT2D eigenvalue weighted by Gasteiger charge is -2.38. The number of amides is 7. The zero-order valence-corrected chi connectivity index (χ0v) is 52.6. The van der Waals surface area contributed by atoms with E-state index >= 15 is 0 Å². The molecular formula is C60H74Cl2N8O16S2. The molecule has 1 fully saturated rings. The number of halogens is 2. The average Bonchev–Trinajstić information content (AvgIpc) is 1.89. The molecule has 3 aliphatic rings. The Morgan fingerprint density at radius 3 is 1.86 bits per heavy atom. The van der Waals surface area contributed by atoms with Crippen molar-refractivity contribution in [3.8, 4) is 11.5 Å². The van der Waals surface area contributed by atoms with Crippen molar-refractivity contribution in [3.05, 3.63) is 75.0 Å². The van der Waals surface area contributed by atoms with E-state index in [0.717, 1.165) is 33.0 Å². The zero-order valence-electron chi connectivity index (χ0n) is 49.5. The van der Waals surface area contributed by atoms with Gasteiger partial charge in [0.1, 0.15) is 30.7 Å². The molecule has 0 spiro atoms. The van der Waals surface area contributed by atoms with Gasteiger partial charge < -0.3 is 81.1 Å². The number of anilines is 3. The van der Waals surface area contributed by atoms with Crippen LogP contribution in [-0.4, -0.2) is 173 Å². The molecule has 0 bridgehead atoms. The van der Waals surface area contributed by atoms with Gasteiger partial charge in [-0.3, -0.25) is 19.2 Å². The Labute approximate surface area is 525 Å². The number of benzene rings is 3. The number of hydrogen-bond acceptors (Lipinski definition) is 18. The highest BCUT2D eigenvalue weighted by Gasteiger charge is 2.49. The van der Waals surface area contributed by atoms with Crippen molar-refractivity contribution in [2.24, 2.45) is 23.3 Å². The number of carboxylic acid groups (broad SMARTS) is 1. The first-order valence-electron chi connectivity index (χ1n) is 28.8. The molecule has 5 heterocycles. The number of alkyl halides is 2. The van der Waals surface area contributed by atoms with Gasteiger partial charge in [-0.25, -0.2) is 19.2 Å². The summed E-state index contributed by atoms with van der Waals surface area (Å²) in [4.78, 5) is 111. The number of aliphatic hydroxyl groups is 3. The number of carbonyl (C=O) groups is 8. The number of rotatable bonds is 25. The number of urea groups is 1. The monoisotopic (exact) mass is 1300 g/mol. The van der Waals surface area contributed by atoms with Crippen LogP contribution in [-0.2, 0) is 40.1 Å². The van der Waals surface area contributed by atoms with Gasteiger partial charge in [0.05, 0.1) is 26.8 Å². The number of ketones is 1. The summed E-state index contributed by atoms with van der Waals surface area (Å²) in [5, 5.41) is 52.0. The first-order valence-corrected chi connectivity index (χ1v) is 31.6. The van der Waals surface area contributed by atoms with Crippen LogP contribution in [0.15, 0.2) is 47.2 Å². The summed E-state index contributed by atoms with van der Waals surface area (Å²) in [5.74, 6) is -3.42. The van der Waals surface area contributed by atoms with Gasteiger partial charge in [0.2, 0.25) is 24.0 Å². The Morgan fingerprint density at radius 2 is 1.33 bits per heavy atom. The van der Waals surface area contributed by atoms with Crippen LogP contribution in [0.2, 0.25) is 0 Å². The minimum atomic E-state index is -1.92. The molecule has 10 N–H and O–H groups in total. The largest absolute Gasteiger partial charge is 0.479 e. The van der Waals surface area contributed by atoms with E-state index in [1.807, 2.05) is 38.5 Å². The lowest BCUT2D eigenvalue weighted by atomic mass is 9.90. The van der Waals surface area contributed by atoms with E-state index < -0.39 is 66.9 Å². The quantitative estimate of drug-likeness (QED) is 0.0218. The molecule has 0 aliphatic carbocycles. The lowest BCUT2D eigenvalue weighted by Crippen LogP contribution is -2.61. The summed E-state index contributed by atoms with van der Waals surface area (Å²) in [6, 6.07) is 8.48. The van der Waals surface area contributed by atoms with Crippen LogP contribution < -0.4 is 41.4 Å². The molecule has 3 aliphatic heterocycles. The summed E-state index contributed by atoms with van der Waals surface area (Å²) in [5.41, 5.74) is 16.7. The second-order valence-electron chi connectivity index (χ2n) is 22.8. The number of likely N-dealkylation sites (N-methyl/N-ethyl adjacent to an activating group) is 2. The Balaban J connectivity index is 0.864. The number of hydrogen-bond donors (Lipinski definition) is 8. The van der Waals surface area contributed by atoms with E-state index in [0.29, 0.717) is 44.9 Å². The number of carbonyl (C=O) groups excluding carboxylic acids is 7. The molecule has 1 saturated heterocycles.